The SMILES string of the molecule is O=C(CN1CCC(CO)CC1)Nc1nnc(C2CC2)o1. The van der Waals surface area contributed by atoms with E-state index in [4.69, 9.17) is 9.52 Å². The van der Waals surface area contributed by atoms with Crippen molar-refractivity contribution < 1.29 is 14.3 Å². The molecule has 7 nitrogen and oxygen atoms in total. The quantitative estimate of drug-likeness (QED) is 0.820. The van der Waals surface area contributed by atoms with E-state index >= 15 is 0 Å². The second-order valence-electron chi connectivity index (χ2n) is 5.67. The molecule has 2 N–H and O–H groups in total. The second-order valence-corrected chi connectivity index (χ2v) is 5.67. The maximum atomic E-state index is 11.9. The van der Waals surface area contributed by atoms with Gasteiger partial charge < -0.3 is 9.52 Å². The number of anilines is 1. The second kappa shape index (κ2) is 5.88. The summed E-state index contributed by atoms with van der Waals surface area (Å²) in [6.45, 7) is 2.26. The Labute approximate surface area is 117 Å². The van der Waals surface area contributed by atoms with E-state index in [1.807, 2.05) is 0 Å². The van der Waals surface area contributed by atoms with Gasteiger partial charge in [-0.15, -0.1) is 5.10 Å². The van der Waals surface area contributed by atoms with Gasteiger partial charge in [0.25, 0.3) is 0 Å². The number of rotatable bonds is 5. The van der Waals surface area contributed by atoms with E-state index in [0.717, 1.165) is 38.8 Å². The third kappa shape index (κ3) is 3.34. The molecule has 110 valence electrons. The summed E-state index contributed by atoms with van der Waals surface area (Å²) in [5, 5.41) is 19.5. The van der Waals surface area contributed by atoms with Crippen LogP contribution < -0.4 is 5.32 Å². The number of amides is 1. The van der Waals surface area contributed by atoms with Crippen molar-refractivity contribution in [3.63, 3.8) is 0 Å². The standard InChI is InChI=1S/C13H20N4O3/c18-8-9-3-5-17(6-4-9)7-11(19)14-13-16-15-12(20-13)10-1-2-10/h9-10,18H,1-8H2,(H,14,16,19). The van der Waals surface area contributed by atoms with Crippen LogP contribution in [0.25, 0.3) is 0 Å². The molecule has 2 aliphatic rings. The first-order valence-corrected chi connectivity index (χ1v) is 7.21. The Hall–Kier alpha value is -1.47. The monoisotopic (exact) mass is 280 g/mol. The fourth-order valence-electron chi connectivity index (χ4n) is 2.47. The van der Waals surface area contributed by atoms with Gasteiger partial charge >= 0.3 is 6.01 Å². The number of hydrogen-bond donors (Lipinski definition) is 2. The van der Waals surface area contributed by atoms with E-state index in [9.17, 15) is 4.79 Å². The molecule has 0 aromatic carbocycles. The van der Waals surface area contributed by atoms with Crippen LogP contribution in [-0.4, -0.2) is 52.4 Å². The van der Waals surface area contributed by atoms with E-state index in [-0.39, 0.29) is 18.5 Å². The fourth-order valence-corrected chi connectivity index (χ4v) is 2.47. The van der Waals surface area contributed by atoms with Crippen LogP contribution >= 0.6 is 0 Å². The largest absolute Gasteiger partial charge is 0.408 e. The smallest absolute Gasteiger partial charge is 0.322 e. The van der Waals surface area contributed by atoms with Crippen LogP contribution in [0.1, 0.15) is 37.5 Å². The van der Waals surface area contributed by atoms with Crippen LogP contribution in [0.5, 0.6) is 0 Å². The summed E-state index contributed by atoms with van der Waals surface area (Å²) in [5.41, 5.74) is 0. The maximum absolute atomic E-state index is 11.9. The Bertz CT molecular complexity index is 464. The highest BCUT2D eigenvalue weighted by Gasteiger charge is 2.29. The number of nitrogens with one attached hydrogen (secondary N) is 1. The molecular formula is C13H20N4O3. The molecule has 2 fully saturated rings. The van der Waals surface area contributed by atoms with Gasteiger partial charge in [-0.2, -0.15) is 0 Å². The highest BCUT2D eigenvalue weighted by Crippen LogP contribution is 2.39. The first-order chi connectivity index (χ1) is 9.74. The predicted octanol–water partition coefficient (Wildman–Crippen LogP) is 0.590. The molecule has 0 unspecified atom stereocenters. The highest BCUT2D eigenvalue weighted by molar-refractivity contribution is 5.90. The van der Waals surface area contributed by atoms with Crippen molar-refractivity contribution in [2.45, 2.75) is 31.6 Å². The van der Waals surface area contributed by atoms with E-state index in [2.05, 4.69) is 20.4 Å². The number of aliphatic hydroxyl groups is 1. The number of hydrogen-bond acceptors (Lipinski definition) is 6. The summed E-state index contributed by atoms with van der Waals surface area (Å²) in [5.74, 6) is 1.28. The van der Waals surface area contributed by atoms with Crippen molar-refractivity contribution in [2.75, 3.05) is 31.6 Å². The minimum atomic E-state index is -0.126. The molecule has 1 aliphatic carbocycles. The van der Waals surface area contributed by atoms with Gasteiger partial charge in [0.15, 0.2) is 0 Å². The molecule has 3 rings (SSSR count). The zero-order valence-electron chi connectivity index (χ0n) is 11.4. The summed E-state index contributed by atoms with van der Waals surface area (Å²) in [4.78, 5) is 14.0. The summed E-state index contributed by atoms with van der Waals surface area (Å²) < 4.78 is 5.40. The maximum Gasteiger partial charge on any atom is 0.322 e. The first kappa shape index (κ1) is 13.5. The number of nitrogens with zero attached hydrogens (tertiary/aromatic N) is 3. The molecule has 0 atom stereocenters. The minimum absolute atomic E-state index is 0.126. The lowest BCUT2D eigenvalue weighted by molar-refractivity contribution is -0.117. The van der Waals surface area contributed by atoms with Crippen LogP contribution in [0.3, 0.4) is 0 Å². The van der Waals surface area contributed by atoms with Crippen molar-refractivity contribution in [1.29, 1.82) is 0 Å². The van der Waals surface area contributed by atoms with Crippen molar-refractivity contribution in [1.82, 2.24) is 15.1 Å². The molecule has 1 amide bonds. The number of likely N-dealkylation sites (tertiary alicyclic amines) is 1. The van der Waals surface area contributed by atoms with E-state index in [1.165, 1.54) is 0 Å². The first-order valence-electron chi connectivity index (χ1n) is 7.21. The molecule has 0 bridgehead atoms. The van der Waals surface area contributed by atoms with Gasteiger partial charge in [0.2, 0.25) is 11.8 Å². The summed E-state index contributed by atoms with van der Waals surface area (Å²) in [7, 11) is 0. The minimum Gasteiger partial charge on any atom is -0.408 e. The Morgan fingerprint density at radius 2 is 2.05 bits per heavy atom. The summed E-state index contributed by atoms with van der Waals surface area (Å²) in [6.07, 6.45) is 4.07. The Morgan fingerprint density at radius 1 is 1.30 bits per heavy atom. The van der Waals surface area contributed by atoms with Crippen molar-refractivity contribution >= 4 is 11.9 Å². The van der Waals surface area contributed by atoms with Crippen LogP contribution in [0, 0.1) is 5.92 Å². The molecule has 1 saturated heterocycles. The topological polar surface area (TPSA) is 91.5 Å². The van der Waals surface area contributed by atoms with Crippen LogP contribution in [0.2, 0.25) is 0 Å². The van der Waals surface area contributed by atoms with E-state index in [0.29, 0.717) is 24.3 Å². The zero-order valence-corrected chi connectivity index (χ0v) is 11.4. The molecule has 7 heteroatoms. The number of piperidine rings is 1. The lowest BCUT2D eigenvalue weighted by Crippen LogP contribution is -2.39. The number of carbonyl (C=O) groups excluding carboxylic acids is 1. The highest BCUT2D eigenvalue weighted by atomic mass is 16.4. The molecule has 1 aromatic rings. The Morgan fingerprint density at radius 3 is 2.70 bits per heavy atom. The van der Waals surface area contributed by atoms with E-state index < -0.39 is 0 Å². The van der Waals surface area contributed by atoms with Gasteiger partial charge in [-0.3, -0.25) is 15.0 Å². The predicted molar refractivity (Wildman–Crippen MR) is 71.2 cm³/mol. The van der Waals surface area contributed by atoms with Crippen LogP contribution in [0.15, 0.2) is 4.42 Å². The normalized spacial score (nSPS) is 21.1. The molecule has 0 spiro atoms. The number of aromatic nitrogens is 2. The molecule has 0 radical (unpaired) electrons. The molecular weight excluding hydrogens is 260 g/mol. The lowest BCUT2D eigenvalue weighted by atomic mass is 9.98. The fraction of sp³-hybridized carbons (Fsp3) is 0.769. The Balaban J connectivity index is 1.44. The average Bonchev–Trinajstić information content (AvgIpc) is 3.20. The lowest BCUT2D eigenvalue weighted by Gasteiger charge is -2.30. The molecule has 1 aromatic heterocycles. The summed E-state index contributed by atoms with van der Waals surface area (Å²) >= 11 is 0. The van der Waals surface area contributed by atoms with Crippen LogP contribution in [0.4, 0.5) is 6.01 Å². The third-order valence-electron chi connectivity index (χ3n) is 3.95. The molecule has 20 heavy (non-hydrogen) atoms. The van der Waals surface area contributed by atoms with Gasteiger partial charge in [-0.25, -0.2) is 0 Å². The Kier molecular flexibility index (Phi) is 3.98. The number of carbonyl (C=O) groups is 1. The van der Waals surface area contributed by atoms with Crippen LogP contribution in [-0.2, 0) is 4.79 Å². The van der Waals surface area contributed by atoms with Gasteiger partial charge in [-0.05, 0) is 44.7 Å². The van der Waals surface area contributed by atoms with Gasteiger partial charge in [-0.1, -0.05) is 5.10 Å². The third-order valence-corrected chi connectivity index (χ3v) is 3.95. The van der Waals surface area contributed by atoms with Gasteiger partial charge in [0, 0.05) is 12.5 Å². The van der Waals surface area contributed by atoms with Gasteiger partial charge in [0.1, 0.15) is 0 Å². The summed E-state index contributed by atoms with van der Waals surface area (Å²) in [6, 6.07) is 0.196. The van der Waals surface area contributed by atoms with Crippen molar-refractivity contribution in [2.24, 2.45) is 5.92 Å². The van der Waals surface area contributed by atoms with Gasteiger partial charge in [0.05, 0.1) is 6.54 Å². The molecule has 1 saturated carbocycles. The zero-order chi connectivity index (χ0) is 13.9. The van der Waals surface area contributed by atoms with Crippen molar-refractivity contribution in [3.05, 3.63) is 5.89 Å². The van der Waals surface area contributed by atoms with Crippen molar-refractivity contribution in [3.8, 4) is 0 Å². The number of aliphatic hydroxyl groups excluding tert-OH is 1. The average molecular weight is 280 g/mol. The molecule has 1 aliphatic heterocycles. The van der Waals surface area contributed by atoms with E-state index in [1.54, 1.807) is 0 Å². The molecule has 2 heterocycles.